The molecule has 50 heavy (non-hydrogen) atoms. The van der Waals surface area contributed by atoms with E-state index in [2.05, 4.69) is 208 Å². The van der Waals surface area contributed by atoms with Crippen molar-refractivity contribution in [2.45, 2.75) is 6.92 Å². The van der Waals surface area contributed by atoms with Gasteiger partial charge < -0.3 is 0 Å². The maximum absolute atomic E-state index is 2.40. The lowest BCUT2D eigenvalue weighted by molar-refractivity contribution is 1.44. The van der Waals surface area contributed by atoms with E-state index < -0.39 is 0 Å². The maximum atomic E-state index is 2.40. The lowest BCUT2D eigenvalue weighted by Gasteiger charge is -2.26. The molecule has 0 saturated carbocycles. The average Bonchev–Trinajstić information content (AvgIpc) is 3.18. The Hall–Kier alpha value is -5.23. The number of hydrogen-bond acceptors (Lipinski definition) is 0. The van der Waals surface area contributed by atoms with E-state index >= 15 is 0 Å². The molecule has 7 rings (SSSR count). The maximum Gasteiger partial charge on any atom is 0.242 e. The Bertz CT molecular complexity index is 2070. The van der Waals surface area contributed by atoms with Crippen LogP contribution in [0.25, 0.3) is 44.4 Å². The van der Waals surface area contributed by atoms with Gasteiger partial charge in [-0.3, -0.25) is 0 Å². The van der Waals surface area contributed by atoms with E-state index in [-0.39, 0.29) is 14.6 Å². The molecule has 0 atom stereocenters. The second-order valence-corrected chi connectivity index (χ2v) is 15.8. The zero-order valence-corrected chi connectivity index (χ0v) is 30.0. The summed E-state index contributed by atoms with van der Waals surface area (Å²) in [7, 11) is -0.228. The van der Waals surface area contributed by atoms with Gasteiger partial charge in [0.05, 0.1) is 0 Å². The van der Waals surface area contributed by atoms with Crippen LogP contribution in [0.5, 0.6) is 0 Å². The predicted molar refractivity (Wildman–Crippen MR) is 222 cm³/mol. The number of allylic oxidation sites excluding steroid dienone is 1. The van der Waals surface area contributed by atoms with Crippen molar-refractivity contribution in [2.75, 3.05) is 19.5 Å². The molecule has 2 heteroatoms. The lowest BCUT2D eigenvalue weighted by atomic mass is 9.34. The fraction of sp³-hybridized carbons (Fsp3) is 0.0833. The second-order valence-electron chi connectivity index (χ2n) is 13.3. The Balaban J connectivity index is 1.46. The van der Waals surface area contributed by atoms with Gasteiger partial charge in [0.15, 0.2) is 0 Å². The smallest absolute Gasteiger partial charge is 0.109 e. The summed E-state index contributed by atoms with van der Waals surface area (Å²) < 4.78 is 0. The van der Waals surface area contributed by atoms with E-state index in [1.54, 1.807) is 0 Å². The fourth-order valence-electron chi connectivity index (χ4n) is 6.91. The number of benzene rings is 7. The molecular formula is C48H42BP. The Labute approximate surface area is 300 Å². The van der Waals surface area contributed by atoms with Crippen LogP contribution in [0.1, 0.15) is 16.7 Å². The molecule has 0 heterocycles. The molecule has 0 unspecified atom stereocenters. The van der Waals surface area contributed by atoms with Crippen molar-refractivity contribution in [2.24, 2.45) is 0 Å². The third-order valence-corrected chi connectivity index (χ3v) is 10.4. The van der Waals surface area contributed by atoms with E-state index in [9.17, 15) is 0 Å². The average molecular weight is 661 g/mol. The normalized spacial score (nSPS) is 11.7. The standard InChI is InChI=1S/C48H42BP/c1-36-19-21-43(22-20-36)47(35-50(2)3)48(44-25-23-40(24-26-44)37-13-7-4-8-14-37)49(45-31-27-41(28-32-45)38-15-9-5-10-16-38)46-33-29-42(30-34-46)39-17-11-6-12-18-39/h4-34H,35H2,1-3H3/b48-47+. The van der Waals surface area contributed by atoms with Crippen molar-refractivity contribution in [1.82, 2.24) is 0 Å². The third kappa shape index (κ3) is 7.65. The topological polar surface area (TPSA) is 0 Å². The van der Waals surface area contributed by atoms with E-state index in [1.165, 1.54) is 72.0 Å². The van der Waals surface area contributed by atoms with Gasteiger partial charge in [-0.05, 0) is 76.5 Å². The number of rotatable bonds is 10. The molecule has 7 aromatic carbocycles. The van der Waals surface area contributed by atoms with Crippen LogP contribution in [0.4, 0.5) is 0 Å². The summed E-state index contributed by atoms with van der Waals surface area (Å²) in [6.07, 6.45) is 1.04. The molecule has 0 aliphatic rings. The van der Waals surface area contributed by atoms with Crippen LogP contribution in [0.3, 0.4) is 0 Å². The first-order valence-electron chi connectivity index (χ1n) is 17.4. The highest BCUT2D eigenvalue weighted by Crippen LogP contribution is 2.39. The molecule has 0 N–H and O–H groups in total. The zero-order valence-electron chi connectivity index (χ0n) is 29.1. The largest absolute Gasteiger partial charge is 0.242 e. The first-order valence-corrected chi connectivity index (χ1v) is 19.9. The number of aryl methyl sites for hydroxylation is 1. The Morgan fingerprint density at radius 3 is 1.12 bits per heavy atom. The van der Waals surface area contributed by atoms with E-state index in [4.69, 9.17) is 0 Å². The minimum Gasteiger partial charge on any atom is -0.109 e. The highest BCUT2D eigenvalue weighted by molar-refractivity contribution is 7.56. The quantitative estimate of drug-likeness (QED) is 0.0778. The summed E-state index contributed by atoms with van der Waals surface area (Å²) in [5.41, 5.74) is 16.6. The zero-order chi connectivity index (χ0) is 34.3. The SMILES string of the molecule is Cc1ccc(/C(CP(C)C)=C(/B(c2ccc(-c3ccccc3)cc2)c2ccc(-c3ccccc3)cc2)c2ccc(-c3ccccc3)cc2)cc1. The van der Waals surface area contributed by atoms with Crippen LogP contribution in [0.15, 0.2) is 188 Å². The molecule has 0 nitrogen and oxygen atoms in total. The van der Waals surface area contributed by atoms with Crippen molar-refractivity contribution in [3.05, 3.63) is 205 Å². The molecule has 0 spiro atoms. The van der Waals surface area contributed by atoms with Gasteiger partial charge in [-0.25, -0.2) is 0 Å². The Morgan fingerprint density at radius 1 is 0.400 bits per heavy atom. The van der Waals surface area contributed by atoms with Crippen LogP contribution in [-0.4, -0.2) is 26.2 Å². The second kappa shape index (κ2) is 15.5. The van der Waals surface area contributed by atoms with Gasteiger partial charge in [0.25, 0.3) is 0 Å². The van der Waals surface area contributed by atoms with Crippen molar-refractivity contribution in [3.63, 3.8) is 0 Å². The predicted octanol–water partition coefficient (Wildman–Crippen LogP) is 11.5. The summed E-state index contributed by atoms with van der Waals surface area (Å²) in [6, 6.07) is 69.1. The molecule has 0 aliphatic heterocycles. The monoisotopic (exact) mass is 660 g/mol. The molecule has 242 valence electrons. The van der Waals surface area contributed by atoms with Gasteiger partial charge in [0, 0.05) is 0 Å². The van der Waals surface area contributed by atoms with Crippen molar-refractivity contribution in [1.29, 1.82) is 0 Å². The lowest BCUT2D eigenvalue weighted by Crippen LogP contribution is -2.44. The van der Waals surface area contributed by atoms with Crippen LogP contribution in [-0.2, 0) is 0 Å². The first-order chi connectivity index (χ1) is 24.5. The molecule has 0 radical (unpaired) electrons. The molecule has 7 aromatic rings. The molecule has 0 bridgehead atoms. The molecular weight excluding hydrogens is 618 g/mol. The minimum atomic E-state index is -0.228. The van der Waals surface area contributed by atoms with Crippen molar-refractivity contribution >= 4 is 36.6 Å². The van der Waals surface area contributed by atoms with E-state index in [0.717, 1.165) is 6.16 Å². The van der Waals surface area contributed by atoms with Crippen LogP contribution in [0, 0.1) is 6.92 Å². The van der Waals surface area contributed by atoms with Crippen LogP contribution < -0.4 is 10.9 Å². The minimum absolute atomic E-state index is 0.0264. The molecule has 0 aliphatic carbocycles. The van der Waals surface area contributed by atoms with Crippen LogP contribution >= 0.6 is 7.92 Å². The number of hydrogen-bond donors (Lipinski definition) is 0. The van der Waals surface area contributed by atoms with Gasteiger partial charge in [0.2, 0.25) is 6.71 Å². The van der Waals surface area contributed by atoms with Gasteiger partial charge >= 0.3 is 0 Å². The Kier molecular flexibility index (Phi) is 10.3. The fourth-order valence-corrected chi connectivity index (χ4v) is 7.90. The van der Waals surface area contributed by atoms with Gasteiger partial charge in [-0.15, -0.1) is 7.92 Å². The summed E-state index contributed by atoms with van der Waals surface area (Å²) in [4.78, 5) is 0. The van der Waals surface area contributed by atoms with Gasteiger partial charge in [-0.2, -0.15) is 0 Å². The summed E-state index contributed by atoms with van der Waals surface area (Å²) in [5, 5.41) is 0. The highest BCUT2D eigenvalue weighted by Gasteiger charge is 2.29. The van der Waals surface area contributed by atoms with Gasteiger partial charge in [0.1, 0.15) is 0 Å². The molecule has 0 fully saturated rings. The van der Waals surface area contributed by atoms with E-state index in [0.29, 0.717) is 0 Å². The summed E-state index contributed by atoms with van der Waals surface area (Å²) in [6.45, 7) is 7.00. The third-order valence-electron chi connectivity index (χ3n) is 9.49. The van der Waals surface area contributed by atoms with Crippen LogP contribution in [0.2, 0.25) is 0 Å². The van der Waals surface area contributed by atoms with Gasteiger partial charge in [-0.1, -0.05) is 210 Å². The summed E-state index contributed by atoms with van der Waals surface area (Å²) in [5.74, 6) is 0. The molecule has 0 amide bonds. The Morgan fingerprint density at radius 2 is 0.740 bits per heavy atom. The summed E-state index contributed by atoms with van der Waals surface area (Å²) >= 11 is 0. The van der Waals surface area contributed by atoms with Crippen molar-refractivity contribution < 1.29 is 0 Å². The molecule has 0 aromatic heterocycles. The van der Waals surface area contributed by atoms with Crippen molar-refractivity contribution in [3.8, 4) is 33.4 Å². The highest BCUT2D eigenvalue weighted by atomic mass is 31.1. The molecule has 0 saturated heterocycles. The van der Waals surface area contributed by atoms with E-state index in [1.807, 2.05) is 0 Å². The first kappa shape index (κ1) is 33.3.